The normalized spacial score (nSPS) is 15.4. The second-order valence-electron chi connectivity index (χ2n) is 9.37. The highest BCUT2D eigenvalue weighted by Crippen LogP contribution is 2.46. The fourth-order valence-corrected chi connectivity index (χ4v) is 4.36. The van der Waals surface area contributed by atoms with Crippen LogP contribution >= 0.6 is 0 Å². The second kappa shape index (κ2) is 8.00. The highest BCUT2D eigenvalue weighted by atomic mass is 19.4. The molecule has 0 aliphatic carbocycles. The number of halogens is 3. The van der Waals surface area contributed by atoms with Crippen molar-refractivity contribution in [3.8, 4) is 28.1 Å². The van der Waals surface area contributed by atoms with Gasteiger partial charge < -0.3 is 14.4 Å². The number of aromatic nitrogens is 2. The summed E-state index contributed by atoms with van der Waals surface area (Å²) in [5.41, 5.74) is 1.00. The number of ether oxygens (including phenoxy) is 1. The minimum Gasteiger partial charge on any atom is -0.496 e. The van der Waals surface area contributed by atoms with Gasteiger partial charge in [0.05, 0.1) is 12.8 Å². The Kier molecular flexibility index (Phi) is 5.54. The molecule has 0 amide bonds. The molecular weight excluding hydrogens is 449 g/mol. The molecule has 1 N–H and O–H groups in total. The molecule has 3 aromatic rings. The van der Waals surface area contributed by atoms with E-state index < -0.39 is 23.3 Å². The summed E-state index contributed by atoms with van der Waals surface area (Å²) in [4.78, 5) is 27.7. The fraction of sp³-hybridized carbons (Fsp3) is 0.320. The number of carboxylic acids is 1. The zero-order valence-corrected chi connectivity index (χ0v) is 19.0. The van der Waals surface area contributed by atoms with Crippen LogP contribution in [0.15, 0.2) is 47.5 Å². The highest BCUT2D eigenvalue weighted by Gasteiger charge is 2.35. The van der Waals surface area contributed by atoms with Crippen LogP contribution in [0.25, 0.3) is 22.4 Å². The summed E-state index contributed by atoms with van der Waals surface area (Å²) in [6.07, 6.45) is -1.46. The average molecular weight is 472 g/mol. The lowest BCUT2D eigenvalue weighted by Gasteiger charge is -2.39. The van der Waals surface area contributed by atoms with Gasteiger partial charge in [0.2, 0.25) is 0 Å². The van der Waals surface area contributed by atoms with Crippen molar-refractivity contribution in [2.24, 2.45) is 5.41 Å². The third-order valence-electron chi connectivity index (χ3n) is 6.12. The summed E-state index contributed by atoms with van der Waals surface area (Å²) < 4.78 is 46.2. The van der Waals surface area contributed by atoms with E-state index in [4.69, 9.17) is 4.74 Å². The maximum Gasteiger partial charge on any atom is 0.433 e. The van der Waals surface area contributed by atoms with E-state index in [0.29, 0.717) is 34.6 Å². The quantitative estimate of drug-likeness (QED) is 0.549. The minimum atomic E-state index is -4.54. The van der Waals surface area contributed by atoms with Crippen LogP contribution in [-0.4, -0.2) is 27.7 Å². The van der Waals surface area contributed by atoms with Gasteiger partial charge in [-0.05, 0) is 35.6 Å². The van der Waals surface area contributed by atoms with Crippen molar-refractivity contribution in [1.29, 1.82) is 0 Å². The lowest BCUT2D eigenvalue weighted by atomic mass is 9.78. The van der Waals surface area contributed by atoms with Gasteiger partial charge in [-0.25, -0.2) is 4.79 Å². The molecule has 6 nitrogen and oxygen atoms in total. The summed E-state index contributed by atoms with van der Waals surface area (Å²) in [5, 5.41) is 9.46. The summed E-state index contributed by atoms with van der Waals surface area (Å²) in [5.74, 6) is -0.891. The van der Waals surface area contributed by atoms with Crippen LogP contribution in [-0.2, 0) is 12.6 Å². The van der Waals surface area contributed by atoms with Crippen molar-refractivity contribution in [3.05, 3.63) is 69.8 Å². The van der Waals surface area contributed by atoms with E-state index in [0.717, 1.165) is 17.8 Å². The number of methoxy groups -OCH3 is 1. The van der Waals surface area contributed by atoms with Gasteiger partial charge in [-0.2, -0.15) is 13.2 Å². The lowest BCUT2D eigenvalue weighted by Crippen LogP contribution is -2.32. The molecule has 1 aromatic carbocycles. The smallest absolute Gasteiger partial charge is 0.433 e. The van der Waals surface area contributed by atoms with E-state index in [1.54, 1.807) is 6.07 Å². The van der Waals surface area contributed by atoms with Crippen molar-refractivity contribution in [3.63, 3.8) is 0 Å². The van der Waals surface area contributed by atoms with Crippen molar-refractivity contribution in [1.82, 2.24) is 9.55 Å². The summed E-state index contributed by atoms with van der Waals surface area (Å²) in [6.45, 7) is 6.07. The molecule has 0 saturated carbocycles. The fourth-order valence-electron chi connectivity index (χ4n) is 4.36. The Hall–Kier alpha value is -3.62. The molecule has 3 heterocycles. The monoisotopic (exact) mass is 472 g/mol. The van der Waals surface area contributed by atoms with Gasteiger partial charge in [0.25, 0.3) is 0 Å². The molecule has 0 radical (unpaired) electrons. The first-order valence-electron chi connectivity index (χ1n) is 10.6. The second-order valence-corrected chi connectivity index (χ2v) is 9.37. The Bertz CT molecular complexity index is 1340. The van der Waals surface area contributed by atoms with Gasteiger partial charge in [-0.15, -0.1) is 0 Å². The molecule has 9 heteroatoms. The number of aromatic carboxylic acids is 1. The van der Waals surface area contributed by atoms with Crippen LogP contribution in [0.1, 0.15) is 48.4 Å². The maximum atomic E-state index is 12.9. The predicted molar refractivity (Wildman–Crippen MR) is 120 cm³/mol. The number of hydrogen-bond donors (Lipinski definition) is 1. The lowest BCUT2D eigenvalue weighted by molar-refractivity contribution is -0.141. The number of benzene rings is 1. The molecule has 1 unspecified atom stereocenters. The van der Waals surface area contributed by atoms with Crippen LogP contribution < -0.4 is 10.2 Å². The number of fused-ring (bicyclic) bond motifs is 3. The number of rotatable bonds is 3. The molecule has 0 fully saturated rings. The van der Waals surface area contributed by atoms with Crippen LogP contribution in [0.5, 0.6) is 5.75 Å². The summed E-state index contributed by atoms with van der Waals surface area (Å²) >= 11 is 0. The van der Waals surface area contributed by atoms with Crippen LogP contribution in [0.4, 0.5) is 13.2 Å². The molecule has 0 saturated heterocycles. The number of hydrogen-bond acceptors (Lipinski definition) is 4. The number of carbonyl (C=O) groups is 1. The third kappa shape index (κ3) is 4.06. The molecule has 4 rings (SSSR count). The Balaban J connectivity index is 1.93. The van der Waals surface area contributed by atoms with E-state index in [1.807, 2.05) is 31.4 Å². The molecule has 34 heavy (non-hydrogen) atoms. The third-order valence-corrected chi connectivity index (χ3v) is 6.12. The number of pyridine rings is 2. The van der Waals surface area contributed by atoms with Crippen molar-refractivity contribution in [2.45, 2.75) is 39.4 Å². The predicted octanol–water partition coefficient (Wildman–Crippen LogP) is 5.45. The van der Waals surface area contributed by atoms with Crippen molar-refractivity contribution >= 4 is 5.97 Å². The van der Waals surface area contributed by atoms with Crippen LogP contribution in [0.2, 0.25) is 0 Å². The van der Waals surface area contributed by atoms with E-state index in [-0.39, 0.29) is 17.0 Å². The topological polar surface area (TPSA) is 81.4 Å². The van der Waals surface area contributed by atoms with Crippen molar-refractivity contribution in [2.75, 3.05) is 7.11 Å². The number of alkyl halides is 3. The SMILES string of the molecule is COc1cc2c(cc1-c1ccc(C(F)(F)F)nc1)CC(C(C)(C)C)n1cc(C(=O)O)c(=O)cc1-2. The van der Waals surface area contributed by atoms with E-state index in [1.165, 1.54) is 25.4 Å². The van der Waals surface area contributed by atoms with E-state index in [9.17, 15) is 27.9 Å². The molecule has 2 aromatic heterocycles. The largest absolute Gasteiger partial charge is 0.496 e. The molecule has 1 aliphatic rings. The molecule has 1 aliphatic heterocycles. The van der Waals surface area contributed by atoms with Gasteiger partial charge in [0.1, 0.15) is 17.0 Å². The standard InChI is InChI=1S/C25H23F3N2O4/c1-24(2,3)22-8-14-7-16(13-5-6-21(29-11-13)25(26,27)28)20(34-4)9-15(14)18-10-19(31)17(23(32)33)12-30(18)22/h5-7,9-12,22H,8H2,1-4H3,(H,32,33). The number of carboxylic acid groups (broad SMARTS) is 1. The van der Waals surface area contributed by atoms with Crippen molar-refractivity contribution < 1.29 is 27.8 Å². The number of nitrogens with zero attached hydrogens (tertiary/aromatic N) is 2. The molecule has 1 atom stereocenters. The van der Waals surface area contributed by atoms with E-state index in [2.05, 4.69) is 4.98 Å². The van der Waals surface area contributed by atoms with Gasteiger partial charge in [-0.3, -0.25) is 9.78 Å². The van der Waals surface area contributed by atoms with Gasteiger partial charge in [-0.1, -0.05) is 26.8 Å². The van der Waals surface area contributed by atoms with Gasteiger partial charge in [0, 0.05) is 41.2 Å². The molecule has 178 valence electrons. The average Bonchev–Trinajstić information content (AvgIpc) is 2.76. The summed E-state index contributed by atoms with van der Waals surface area (Å²) in [6, 6.07) is 7.00. The Morgan fingerprint density at radius 1 is 1.15 bits per heavy atom. The molecule has 0 spiro atoms. The summed E-state index contributed by atoms with van der Waals surface area (Å²) in [7, 11) is 1.45. The zero-order valence-electron chi connectivity index (χ0n) is 19.0. The maximum absolute atomic E-state index is 12.9. The Morgan fingerprint density at radius 3 is 2.38 bits per heavy atom. The first kappa shape index (κ1) is 23.5. The van der Waals surface area contributed by atoms with Crippen LogP contribution in [0, 0.1) is 5.41 Å². The van der Waals surface area contributed by atoms with Gasteiger partial charge in [0.15, 0.2) is 5.43 Å². The van der Waals surface area contributed by atoms with Crippen LogP contribution in [0.3, 0.4) is 0 Å². The minimum absolute atomic E-state index is 0.166. The molecular formula is C25H23F3N2O4. The van der Waals surface area contributed by atoms with Gasteiger partial charge >= 0.3 is 12.1 Å². The first-order chi connectivity index (χ1) is 15.8. The first-order valence-corrected chi connectivity index (χ1v) is 10.6. The Morgan fingerprint density at radius 2 is 1.85 bits per heavy atom. The molecule has 0 bridgehead atoms. The Labute approximate surface area is 193 Å². The van der Waals surface area contributed by atoms with E-state index >= 15 is 0 Å². The highest BCUT2D eigenvalue weighted by molar-refractivity contribution is 5.88. The zero-order chi connectivity index (χ0) is 25.0.